The highest BCUT2D eigenvalue weighted by atomic mass is 35.5. The zero-order valence-corrected chi connectivity index (χ0v) is 11.7. The average Bonchev–Trinajstić information content (AvgIpc) is 2.81. The molecule has 1 heterocycles. The molecule has 96 valence electrons. The maximum Gasteiger partial charge on any atom is 0.113 e. The Morgan fingerprint density at radius 2 is 2.22 bits per heavy atom. The van der Waals surface area contributed by atoms with Crippen LogP contribution in [0.15, 0.2) is 30.5 Å². The summed E-state index contributed by atoms with van der Waals surface area (Å²) in [6.45, 7) is 4.02. The van der Waals surface area contributed by atoms with Gasteiger partial charge in [0.1, 0.15) is 9.34 Å². The Bertz CT molecular complexity index is 501. The Morgan fingerprint density at radius 1 is 1.39 bits per heavy atom. The number of aromatic nitrogens is 1. The van der Waals surface area contributed by atoms with E-state index in [1.807, 2.05) is 25.1 Å². The van der Waals surface area contributed by atoms with E-state index in [1.165, 1.54) is 11.3 Å². The molecule has 0 radical (unpaired) electrons. The maximum atomic E-state index is 5.85. The molecule has 0 amide bonds. The predicted molar refractivity (Wildman–Crippen MR) is 76.2 cm³/mol. The van der Waals surface area contributed by atoms with E-state index in [1.54, 1.807) is 6.20 Å². The van der Waals surface area contributed by atoms with E-state index in [-0.39, 0.29) is 0 Å². The van der Waals surface area contributed by atoms with Gasteiger partial charge in [-0.25, -0.2) is 4.98 Å². The van der Waals surface area contributed by atoms with Crippen LogP contribution in [0.5, 0.6) is 0 Å². The SMILES string of the molecule is CCOCc1ccccc1NCc1ncc(Cl)s1. The summed E-state index contributed by atoms with van der Waals surface area (Å²) in [6.07, 6.45) is 1.68. The quantitative estimate of drug-likeness (QED) is 0.871. The molecule has 5 heteroatoms. The minimum Gasteiger partial charge on any atom is -0.378 e. The lowest BCUT2D eigenvalue weighted by atomic mass is 10.2. The zero-order chi connectivity index (χ0) is 12.8. The first-order valence-corrected chi connectivity index (χ1v) is 6.98. The maximum absolute atomic E-state index is 5.85. The van der Waals surface area contributed by atoms with Crippen molar-refractivity contribution in [3.8, 4) is 0 Å². The Labute approximate surface area is 116 Å². The van der Waals surface area contributed by atoms with Gasteiger partial charge >= 0.3 is 0 Å². The van der Waals surface area contributed by atoms with E-state index in [4.69, 9.17) is 16.3 Å². The van der Waals surface area contributed by atoms with Crippen molar-refractivity contribution in [2.45, 2.75) is 20.1 Å². The monoisotopic (exact) mass is 282 g/mol. The van der Waals surface area contributed by atoms with E-state index in [2.05, 4.69) is 16.4 Å². The van der Waals surface area contributed by atoms with Gasteiger partial charge in [-0.1, -0.05) is 29.8 Å². The second kappa shape index (κ2) is 6.73. The molecular formula is C13H15ClN2OS. The summed E-state index contributed by atoms with van der Waals surface area (Å²) in [4.78, 5) is 4.22. The standard InChI is InChI=1S/C13H15ClN2OS/c1-2-17-9-10-5-3-4-6-11(10)15-8-13-16-7-12(14)18-13/h3-7,15H,2,8-9H2,1H3. The molecule has 0 spiro atoms. The first-order chi connectivity index (χ1) is 8.79. The molecule has 0 unspecified atom stereocenters. The van der Waals surface area contributed by atoms with Crippen LogP contribution in [0.2, 0.25) is 4.34 Å². The molecule has 1 aromatic carbocycles. The number of halogens is 1. The molecule has 0 aliphatic carbocycles. The summed E-state index contributed by atoms with van der Waals surface area (Å²) in [5.41, 5.74) is 2.24. The number of benzene rings is 1. The topological polar surface area (TPSA) is 34.1 Å². The molecule has 1 N–H and O–H groups in total. The second-order valence-corrected chi connectivity index (χ2v) is 5.45. The van der Waals surface area contributed by atoms with Crippen molar-refractivity contribution < 1.29 is 4.74 Å². The molecule has 0 atom stereocenters. The van der Waals surface area contributed by atoms with E-state index in [0.717, 1.165) is 27.2 Å². The van der Waals surface area contributed by atoms with Gasteiger partial charge in [-0.2, -0.15) is 0 Å². The fraction of sp³-hybridized carbons (Fsp3) is 0.308. The van der Waals surface area contributed by atoms with Gasteiger partial charge in [0.25, 0.3) is 0 Å². The first kappa shape index (κ1) is 13.3. The van der Waals surface area contributed by atoms with Crippen LogP contribution < -0.4 is 5.32 Å². The van der Waals surface area contributed by atoms with Crippen LogP contribution >= 0.6 is 22.9 Å². The van der Waals surface area contributed by atoms with Gasteiger partial charge in [0.05, 0.1) is 19.3 Å². The summed E-state index contributed by atoms with van der Waals surface area (Å²) in [6, 6.07) is 8.13. The smallest absolute Gasteiger partial charge is 0.113 e. The lowest BCUT2D eigenvalue weighted by Crippen LogP contribution is -2.03. The molecule has 0 aliphatic heterocycles. The van der Waals surface area contributed by atoms with Crippen LogP contribution in [0, 0.1) is 0 Å². The summed E-state index contributed by atoms with van der Waals surface area (Å²) >= 11 is 7.34. The number of para-hydroxylation sites is 1. The number of nitrogens with one attached hydrogen (secondary N) is 1. The van der Waals surface area contributed by atoms with Crippen molar-refractivity contribution in [2.24, 2.45) is 0 Å². The zero-order valence-electron chi connectivity index (χ0n) is 10.1. The third-order valence-electron chi connectivity index (χ3n) is 2.43. The number of hydrogen-bond acceptors (Lipinski definition) is 4. The predicted octanol–water partition coefficient (Wildman–Crippen LogP) is 3.95. The first-order valence-electron chi connectivity index (χ1n) is 5.79. The van der Waals surface area contributed by atoms with E-state index in [9.17, 15) is 0 Å². The normalized spacial score (nSPS) is 10.6. The van der Waals surface area contributed by atoms with Gasteiger partial charge in [-0.05, 0) is 13.0 Å². The average molecular weight is 283 g/mol. The molecule has 2 aromatic rings. The number of hydrogen-bond donors (Lipinski definition) is 1. The third kappa shape index (κ3) is 3.70. The van der Waals surface area contributed by atoms with Gasteiger partial charge in [-0.3, -0.25) is 0 Å². The van der Waals surface area contributed by atoms with Crippen LogP contribution in [-0.2, 0) is 17.9 Å². The minimum absolute atomic E-state index is 0.623. The Hall–Kier alpha value is -1.10. The van der Waals surface area contributed by atoms with E-state index < -0.39 is 0 Å². The van der Waals surface area contributed by atoms with Crippen molar-refractivity contribution >= 4 is 28.6 Å². The van der Waals surface area contributed by atoms with Crippen LogP contribution in [0.3, 0.4) is 0 Å². The molecule has 0 fully saturated rings. The Kier molecular flexibility index (Phi) is 4.99. The number of nitrogens with zero attached hydrogens (tertiary/aromatic N) is 1. The summed E-state index contributed by atoms with van der Waals surface area (Å²) in [7, 11) is 0. The number of thiazole rings is 1. The molecule has 0 aliphatic rings. The summed E-state index contributed by atoms with van der Waals surface area (Å²) < 4.78 is 6.16. The molecule has 18 heavy (non-hydrogen) atoms. The highest BCUT2D eigenvalue weighted by Crippen LogP contribution is 2.21. The Balaban J connectivity index is 1.99. The van der Waals surface area contributed by atoms with Crippen LogP contribution in [0.4, 0.5) is 5.69 Å². The molecule has 2 rings (SSSR count). The van der Waals surface area contributed by atoms with Crippen LogP contribution in [-0.4, -0.2) is 11.6 Å². The molecular weight excluding hydrogens is 268 g/mol. The number of anilines is 1. The van der Waals surface area contributed by atoms with Crippen molar-refractivity contribution in [3.05, 3.63) is 45.4 Å². The van der Waals surface area contributed by atoms with Crippen molar-refractivity contribution in [2.75, 3.05) is 11.9 Å². The second-order valence-electron chi connectivity index (χ2n) is 3.71. The number of ether oxygens (including phenoxy) is 1. The minimum atomic E-state index is 0.623. The highest BCUT2D eigenvalue weighted by Gasteiger charge is 2.03. The van der Waals surface area contributed by atoms with Crippen molar-refractivity contribution in [1.29, 1.82) is 0 Å². The van der Waals surface area contributed by atoms with E-state index in [0.29, 0.717) is 13.2 Å². The van der Waals surface area contributed by atoms with Gasteiger partial charge in [0.15, 0.2) is 0 Å². The molecule has 1 aromatic heterocycles. The fourth-order valence-corrected chi connectivity index (χ4v) is 2.47. The van der Waals surface area contributed by atoms with Gasteiger partial charge < -0.3 is 10.1 Å². The van der Waals surface area contributed by atoms with Crippen molar-refractivity contribution in [1.82, 2.24) is 4.98 Å². The molecule has 0 saturated heterocycles. The lowest BCUT2D eigenvalue weighted by Gasteiger charge is -2.10. The van der Waals surface area contributed by atoms with E-state index >= 15 is 0 Å². The van der Waals surface area contributed by atoms with Crippen LogP contribution in [0.25, 0.3) is 0 Å². The van der Waals surface area contributed by atoms with Crippen LogP contribution in [0.1, 0.15) is 17.5 Å². The molecule has 0 saturated carbocycles. The molecule has 0 bridgehead atoms. The van der Waals surface area contributed by atoms with Gasteiger partial charge in [0, 0.05) is 17.9 Å². The molecule has 3 nitrogen and oxygen atoms in total. The summed E-state index contributed by atoms with van der Waals surface area (Å²) in [5.74, 6) is 0. The third-order valence-corrected chi connectivity index (χ3v) is 3.55. The lowest BCUT2D eigenvalue weighted by molar-refractivity contribution is 0.134. The largest absolute Gasteiger partial charge is 0.378 e. The number of rotatable bonds is 6. The summed E-state index contributed by atoms with van der Waals surface area (Å²) in [5, 5.41) is 4.34. The highest BCUT2D eigenvalue weighted by molar-refractivity contribution is 7.15. The van der Waals surface area contributed by atoms with Gasteiger partial charge in [0.2, 0.25) is 0 Å². The Morgan fingerprint density at radius 3 is 2.94 bits per heavy atom. The van der Waals surface area contributed by atoms with Crippen molar-refractivity contribution in [3.63, 3.8) is 0 Å². The van der Waals surface area contributed by atoms with Gasteiger partial charge in [-0.15, -0.1) is 11.3 Å². The fourth-order valence-electron chi connectivity index (χ4n) is 1.57.